The molecular formula is C14H16BrFN2S. The molecule has 0 bridgehead atoms. The van der Waals surface area contributed by atoms with E-state index in [-0.39, 0.29) is 11.9 Å². The fourth-order valence-electron chi connectivity index (χ4n) is 2.04. The van der Waals surface area contributed by atoms with Crippen molar-refractivity contribution < 1.29 is 4.39 Å². The Morgan fingerprint density at radius 3 is 2.68 bits per heavy atom. The van der Waals surface area contributed by atoms with Crippen LogP contribution in [0.5, 0.6) is 0 Å². The number of benzene rings is 1. The minimum atomic E-state index is -0.171. The molecular weight excluding hydrogens is 327 g/mol. The zero-order valence-corrected chi connectivity index (χ0v) is 13.0. The SMILES string of the molecule is CN(Cc1ccccc1F)C(CN)c1sccc1Br. The second-order valence-corrected chi connectivity index (χ2v) is 6.19. The van der Waals surface area contributed by atoms with Crippen LogP contribution in [0.15, 0.2) is 40.2 Å². The quantitative estimate of drug-likeness (QED) is 0.895. The maximum absolute atomic E-state index is 13.7. The number of rotatable bonds is 5. The van der Waals surface area contributed by atoms with E-state index in [9.17, 15) is 4.39 Å². The summed E-state index contributed by atoms with van der Waals surface area (Å²) in [6.07, 6.45) is 0. The highest BCUT2D eigenvalue weighted by molar-refractivity contribution is 9.10. The zero-order chi connectivity index (χ0) is 13.8. The lowest BCUT2D eigenvalue weighted by Gasteiger charge is -2.26. The van der Waals surface area contributed by atoms with Gasteiger partial charge in [0.1, 0.15) is 5.82 Å². The Kier molecular flexibility index (Phi) is 5.10. The second kappa shape index (κ2) is 6.61. The predicted octanol–water partition coefficient (Wildman–Crippen LogP) is 3.78. The standard InChI is InChI=1S/C14H16BrFN2S/c1-18(9-10-4-2-3-5-12(10)16)13(8-17)14-11(15)6-7-19-14/h2-7,13H,8-9,17H2,1H3. The summed E-state index contributed by atoms with van der Waals surface area (Å²) in [5.74, 6) is -0.171. The van der Waals surface area contributed by atoms with Crippen molar-refractivity contribution in [3.05, 3.63) is 56.4 Å². The monoisotopic (exact) mass is 342 g/mol. The van der Waals surface area contributed by atoms with E-state index in [2.05, 4.69) is 20.8 Å². The lowest BCUT2D eigenvalue weighted by molar-refractivity contribution is 0.241. The molecule has 0 aliphatic carbocycles. The van der Waals surface area contributed by atoms with Crippen molar-refractivity contribution in [1.29, 1.82) is 0 Å². The molecule has 19 heavy (non-hydrogen) atoms. The van der Waals surface area contributed by atoms with Crippen LogP contribution in [0.2, 0.25) is 0 Å². The number of hydrogen-bond donors (Lipinski definition) is 1. The Bertz CT molecular complexity index is 544. The van der Waals surface area contributed by atoms with Gasteiger partial charge in [0, 0.05) is 28.0 Å². The van der Waals surface area contributed by atoms with Crippen LogP contribution in [0.1, 0.15) is 16.5 Å². The molecule has 0 aliphatic heterocycles. The van der Waals surface area contributed by atoms with Gasteiger partial charge in [-0.15, -0.1) is 11.3 Å². The Hall–Kier alpha value is -0.750. The van der Waals surface area contributed by atoms with Crippen LogP contribution in [0.25, 0.3) is 0 Å². The first kappa shape index (κ1) is 14.7. The van der Waals surface area contributed by atoms with Crippen LogP contribution in [0, 0.1) is 5.82 Å². The molecule has 0 saturated carbocycles. The van der Waals surface area contributed by atoms with Gasteiger partial charge in [0.05, 0.1) is 6.04 Å². The molecule has 102 valence electrons. The molecule has 1 aromatic heterocycles. The van der Waals surface area contributed by atoms with Crippen molar-refractivity contribution in [2.75, 3.05) is 13.6 Å². The van der Waals surface area contributed by atoms with Gasteiger partial charge in [-0.25, -0.2) is 4.39 Å². The fraction of sp³-hybridized carbons (Fsp3) is 0.286. The van der Waals surface area contributed by atoms with Crippen LogP contribution in [-0.2, 0) is 6.54 Å². The summed E-state index contributed by atoms with van der Waals surface area (Å²) in [6.45, 7) is 1.04. The van der Waals surface area contributed by atoms with Gasteiger partial charge in [-0.05, 0) is 40.5 Å². The molecule has 1 aromatic carbocycles. The van der Waals surface area contributed by atoms with Gasteiger partial charge >= 0.3 is 0 Å². The third-order valence-corrected chi connectivity index (χ3v) is 5.05. The lowest BCUT2D eigenvalue weighted by atomic mass is 10.1. The molecule has 0 spiro atoms. The van der Waals surface area contributed by atoms with E-state index >= 15 is 0 Å². The first-order valence-electron chi connectivity index (χ1n) is 6.00. The van der Waals surface area contributed by atoms with Gasteiger partial charge in [-0.2, -0.15) is 0 Å². The largest absolute Gasteiger partial charge is 0.329 e. The molecule has 2 nitrogen and oxygen atoms in total. The van der Waals surface area contributed by atoms with Gasteiger partial charge < -0.3 is 5.73 Å². The molecule has 2 N–H and O–H groups in total. The molecule has 2 aromatic rings. The van der Waals surface area contributed by atoms with Crippen LogP contribution in [0.4, 0.5) is 4.39 Å². The highest BCUT2D eigenvalue weighted by Crippen LogP contribution is 2.32. The minimum Gasteiger partial charge on any atom is -0.329 e. The zero-order valence-electron chi connectivity index (χ0n) is 10.6. The van der Waals surface area contributed by atoms with Crippen molar-refractivity contribution in [1.82, 2.24) is 4.90 Å². The molecule has 0 aliphatic rings. The first-order chi connectivity index (χ1) is 9.13. The average Bonchev–Trinajstić information content (AvgIpc) is 2.80. The van der Waals surface area contributed by atoms with Crippen molar-refractivity contribution in [2.24, 2.45) is 5.73 Å². The Morgan fingerprint density at radius 2 is 2.11 bits per heavy atom. The highest BCUT2D eigenvalue weighted by Gasteiger charge is 2.20. The third-order valence-electron chi connectivity index (χ3n) is 3.08. The smallest absolute Gasteiger partial charge is 0.127 e. The van der Waals surface area contributed by atoms with Gasteiger partial charge in [0.2, 0.25) is 0 Å². The number of halogens is 2. The number of nitrogens with zero attached hydrogens (tertiary/aromatic N) is 1. The third kappa shape index (κ3) is 3.42. The molecule has 1 atom stereocenters. The Morgan fingerprint density at radius 1 is 1.37 bits per heavy atom. The van der Waals surface area contributed by atoms with Crippen LogP contribution < -0.4 is 5.73 Å². The summed E-state index contributed by atoms with van der Waals surface area (Å²) in [7, 11) is 1.97. The summed E-state index contributed by atoms with van der Waals surface area (Å²) in [6, 6.07) is 8.96. The molecule has 2 rings (SSSR count). The molecule has 1 unspecified atom stereocenters. The normalized spacial score (nSPS) is 12.9. The fourth-order valence-corrected chi connectivity index (χ4v) is 3.85. The number of hydrogen-bond acceptors (Lipinski definition) is 3. The van der Waals surface area contributed by atoms with Crippen LogP contribution in [-0.4, -0.2) is 18.5 Å². The second-order valence-electron chi connectivity index (χ2n) is 4.39. The topological polar surface area (TPSA) is 29.3 Å². The van der Waals surface area contributed by atoms with Gasteiger partial charge in [-0.3, -0.25) is 4.90 Å². The van der Waals surface area contributed by atoms with Crippen molar-refractivity contribution in [2.45, 2.75) is 12.6 Å². The molecule has 0 fully saturated rings. The first-order valence-corrected chi connectivity index (χ1v) is 7.67. The van der Waals surface area contributed by atoms with E-state index in [1.54, 1.807) is 17.4 Å². The predicted molar refractivity (Wildman–Crippen MR) is 81.7 cm³/mol. The molecule has 0 amide bonds. The average molecular weight is 343 g/mol. The van der Waals surface area contributed by atoms with Gasteiger partial charge in [-0.1, -0.05) is 18.2 Å². The van der Waals surface area contributed by atoms with Gasteiger partial charge in [0.25, 0.3) is 0 Å². The van der Waals surface area contributed by atoms with Crippen LogP contribution in [0.3, 0.4) is 0 Å². The van der Waals surface area contributed by atoms with Crippen molar-refractivity contribution >= 4 is 27.3 Å². The minimum absolute atomic E-state index is 0.0916. The molecule has 1 heterocycles. The number of nitrogens with two attached hydrogens (primary N) is 1. The Labute approximate surface area is 125 Å². The van der Waals surface area contributed by atoms with E-state index in [0.29, 0.717) is 18.7 Å². The van der Waals surface area contributed by atoms with Gasteiger partial charge in [0.15, 0.2) is 0 Å². The molecule has 5 heteroatoms. The maximum Gasteiger partial charge on any atom is 0.127 e. The summed E-state index contributed by atoms with van der Waals surface area (Å²) in [5, 5.41) is 2.03. The van der Waals surface area contributed by atoms with E-state index in [1.165, 1.54) is 10.9 Å². The molecule has 0 radical (unpaired) electrons. The van der Waals surface area contributed by atoms with Crippen molar-refractivity contribution in [3.8, 4) is 0 Å². The van der Waals surface area contributed by atoms with E-state index in [4.69, 9.17) is 5.73 Å². The summed E-state index contributed by atoms with van der Waals surface area (Å²) >= 11 is 5.19. The van der Waals surface area contributed by atoms with Crippen molar-refractivity contribution in [3.63, 3.8) is 0 Å². The summed E-state index contributed by atoms with van der Waals surface area (Å²) in [4.78, 5) is 3.26. The summed E-state index contributed by atoms with van der Waals surface area (Å²) < 4.78 is 14.7. The summed E-state index contributed by atoms with van der Waals surface area (Å²) in [5.41, 5.74) is 6.57. The van der Waals surface area contributed by atoms with E-state index < -0.39 is 0 Å². The van der Waals surface area contributed by atoms with Crippen LogP contribution >= 0.6 is 27.3 Å². The number of thiophene rings is 1. The van der Waals surface area contributed by atoms with E-state index in [0.717, 1.165) is 4.47 Å². The number of likely N-dealkylation sites (N-methyl/N-ethyl adjacent to an activating group) is 1. The Balaban J connectivity index is 2.16. The van der Waals surface area contributed by atoms with E-state index in [1.807, 2.05) is 30.6 Å². The maximum atomic E-state index is 13.7. The lowest BCUT2D eigenvalue weighted by Crippen LogP contribution is -2.30. The highest BCUT2D eigenvalue weighted by atomic mass is 79.9. The molecule has 0 saturated heterocycles.